The first-order chi connectivity index (χ1) is 7.07. The van der Waals surface area contributed by atoms with Gasteiger partial charge in [0, 0.05) is 13.0 Å². The summed E-state index contributed by atoms with van der Waals surface area (Å²) >= 11 is 0. The van der Waals surface area contributed by atoms with E-state index in [0.717, 1.165) is 12.8 Å². The molecular formula is C12H23NO2. The predicted molar refractivity (Wildman–Crippen MR) is 62.5 cm³/mol. The standard InChI is InChI=1S/C12H23NO2/c1-4-13-12(15)9-7-5-6-8-10(2)11(3)14/h5,7,10-11,14H,4,6,8-9H2,1-3H3,(H,13,15)/t10-,11+/m1/s1. The van der Waals surface area contributed by atoms with E-state index >= 15 is 0 Å². The van der Waals surface area contributed by atoms with Crippen LogP contribution in [0, 0.1) is 5.92 Å². The van der Waals surface area contributed by atoms with E-state index in [0.29, 0.717) is 18.9 Å². The molecule has 2 atom stereocenters. The van der Waals surface area contributed by atoms with Gasteiger partial charge in [0.25, 0.3) is 0 Å². The number of nitrogens with one attached hydrogen (secondary N) is 1. The molecule has 3 nitrogen and oxygen atoms in total. The summed E-state index contributed by atoms with van der Waals surface area (Å²) < 4.78 is 0. The van der Waals surface area contributed by atoms with Gasteiger partial charge in [0.15, 0.2) is 0 Å². The average molecular weight is 213 g/mol. The van der Waals surface area contributed by atoms with Gasteiger partial charge in [-0.3, -0.25) is 4.79 Å². The number of rotatable bonds is 7. The molecule has 0 fully saturated rings. The van der Waals surface area contributed by atoms with Crippen LogP contribution in [-0.2, 0) is 4.79 Å². The first-order valence-electron chi connectivity index (χ1n) is 5.67. The van der Waals surface area contributed by atoms with Gasteiger partial charge in [-0.15, -0.1) is 0 Å². The van der Waals surface area contributed by atoms with Crippen molar-refractivity contribution in [2.24, 2.45) is 5.92 Å². The minimum Gasteiger partial charge on any atom is -0.393 e. The van der Waals surface area contributed by atoms with Crippen LogP contribution in [-0.4, -0.2) is 23.7 Å². The molecule has 0 aliphatic heterocycles. The molecule has 0 aromatic heterocycles. The quantitative estimate of drug-likeness (QED) is 0.634. The van der Waals surface area contributed by atoms with Crippen LogP contribution >= 0.6 is 0 Å². The maximum Gasteiger partial charge on any atom is 0.223 e. The van der Waals surface area contributed by atoms with Gasteiger partial charge >= 0.3 is 0 Å². The van der Waals surface area contributed by atoms with E-state index in [2.05, 4.69) is 5.32 Å². The highest BCUT2D eigenvalue weighted by Gasteiger charge is 2.06. The third-order valence-electron chi connectivity index (χ3n) is 2.46. The summed E-state index contributed by atoms with van der Waals surface area (Å²) in [6, 6.07) is 0. The Balaban J connectivity index is 3.51. The molecule has 3 heteroatoms. The van der Waals surface area contributed by atoms with Gasteiger partial charge in [-0.1, -0.05) is 19.1 Å². The molecule has 0 radical (unpaired) electrons. The van der Waals surface area contributed by atoms with E-state index in [-0.39, 0.29) is 12.0 Å². The van der Waals surface area contributed by atoms with Crippen molar-refractivity contribution in [3.05, 3.63) is 12.2 Å². The van der Waals surface area contributed by atoms with Gasteiger partial charge < -0.3 is 10.4 Å². The van der Waals surface area contributed by atoms with Crippen molar-refractivity contribution >= 4 is 5.91 Å². The molecule has 0 saturated heterocycles. The zero-order chi connectivity index (χ0) is 11.7. The van der Waals surface area contributed by atoms with Gasteiger partial charge in [0.2, 0.25) is 5.91 Å². The highest BCUT2D eigenvalue weighted by molar-refractivity contribution is 5.77. The molecule has 88 valence electrons. The minimum absolute atomic E-state index is 0.0670. The predicted octanol–water partition coefficient (Wildman–Crippen LogP) is 1.87. The Kier molecular flexibility index (Phi) is 8.01. The van der Waals surface area contributed by atoms with Gasteiger partial charge in [0.1, 0.15) is 0 Å². The summed E-state index contributed by atoms with van der Waals surface area (Å²) in [6.07, 6.45) is 5.99. The van der Waals surface area contributed by atoms with Gasteiger partial charge in [0.05, 0.1) is 6.10 Å². The zero-order valence-corrected chi connectivity index (χ0v) is 9.99. The molecule has 0 aromatic rings. The van der Waals surface area contributed by atoms with Crippen molar-refractivity contribution in [1.29, 1.82) is 0 Å². The number of carbonyl (C=O) groups excluding carboxylic acids is 1. The Morgan fingerprint density at radius 3 is 2.60 bits per heavy atom. The number of hydrogen-bond donors (Lipinski definition) is 2. The third-order valence-corrected chi connectivity index (χ3v) is 2.46. The van der Waals surface area contributed by atoms with E-state index in [1.54, 1.807) is 0 Å². The van der Waals surface area contributed by atoms with Gasteiger partial charge in [-0.25, -0.2) is 0 Å². The van der Waals surface area contributed by atoms with Crippen molar-refractivity contribution in [2.45, 2.75) is 46.1 Å². The number of allylic oxidation sites excluding steroid dienone is 1. The SMILES string of the molecule is CCNC(=O)CC=CCC[C@@H](C)[C@H](C)O. The zero-order valence-electron chi connectivity index (χ0n) is 9.99. The smallest absolute Gasteiger partial charge is 0.223 e. The summed E-state index contributed by atoms with van der Waals surface area (Å²) in [7, 11) is 0. The number of carbonyl (C=O) groups is 1. The fourth-order valence-corrected chi connectivity index (χ4v) is 1.18. The minimum atomic E-state index is -0.248. The van der Waals surface area contributed by atoms with E-state index in [1.165, 1.54) is 0 Å². The Hall–Kier alpha value is -0.830. The van der Waals surface area contributed by atoms with Crippen molar-refractivity contribution in [3.8, 4) is 0 Å². The largest absolute Gasteiger partial charge is 0.393 e. The summed E-state index contributed by atoms with van der Waals surface area (Å²) in [5.74, 6) is 0.386. The fraction of sp³-hybridized carbons (Fsp3) is 0.750. The second-order valence-electron chi connectivity index (χ2n) is 3.92. The summed E-state index contributed by atoms with van der Waals surface area (Å²) in [6.45, 7) is 6.43. The van der Waals surface area contributed by atoms with Crippen molar-refractivity contribution in [2.75, 3.05) is 6.54 Å². The average Bonchev–Trinajstić information content (AvgIpc) is 2.17. The highest BCUT2D eigenvalue weighted by atomic mass is 16.3. The number of aliphatic hydroxyl groups is 1. The Morgan fingerprint density at radius 2 is 2.07 bits per heavy atom. The Labute approximate surface area is 92.6 Å². The lowest BCUT2D eigenvalue weighted by Crippen LogP contribution is -2.21. The fourth-order valence-electron chi connectivity index (χ4n) is 1.18. The van der Waals surface area contributed by atoms with Crippen LogP contribution in [0.2, 0.25) is 0 Å². The third kappa shape index (κ3) is 8.18. The molecule has 0 heterocycles. The molecule has 1 amide bonds. The lowest BCUT2D eigenvalue weighted by atomic mass is 10.0. The van der Waals surface area contributed by atoms with Crippen LogP contribution in [0.25, 0.3) is 0 Å². The second kappa shape index (κ2) is 8.48. The van der Waals surface area contributed by atoms with E-state index < -0.39 is 0 Å². The number of aliphatic hydroxyl groups excluding tert-OH is 1. The molecule has 0 unspecified atom stereocenters. The van der Waals surface area contributed by atoms with Gasteiger partial charge in [-0.05, 0) is 32.6 Å². The molecule has 0 spiro atoms. The summed E-state index contributed by atoms with van der Waals surface area (Å²) in [4.78, 5) is 11.0. The topological polar surface area (TPSA) is 49.3 Å². The first-order valence-corrected chi connectivity index (χ1v) is 5.67. The van der Waals surface area contributed by atoms with Crippen molar-refractivity contribution < 1.29 is 9.90 Å². The molecule has 0 rings (SSSR count). The monoisotopic (exact) mass is 213 g/mol. The lowest BCUT2D eigenvalue weighted by Gasteiger charge is -2.12. The molecular weight excluding hydrogens is 190 g/mol. The van der Waals surface area contributed by atoms with Crippen LogP contribution in [0.5, 0.6) is 0 Å². The lowest BCUT2D eigenvalue weighted by molar-refractivity contribution is -0.120. The Morgan fingerprint density at radius 1 is 1.40 bits per heavy atom. The van der Waals surface area contributed by atoms with Crippen LogP contribution in [0.1, 0.15) is 40.0 Å². The van der Waals surface area contributed by atoms with E-state index in [1.807, 2.05) is 32.9 Å². The molecule has 0 bridgehead atoms. The molecule has 0 aliphatic carbocycles. The van der Waals surface area contributed by atoms with Crippen molar-refractivity contribution in [1.82, 2.24) is 5.32 Å². The normalized spacial score (nSPS) is 15.2. The Bertz CT molecular complexity index is 200. The van der Waals surface area contributed by atoms with Gasteiger partial charge in [-0.2, -0.15) is 0 Å². The number of amides is 1. The highest BCUT2D eigenvalue weighted by Crippen LogP contribution is 2.10. The summed E-state index contributed by atoms with van der Waals surface area (Å²) in [5.41, 5.74) is 0. The molecule has 0 saturated carbocycles. The first kappa shape index (κ1) is 14.2. The molecule has 0 aromatic carbocycles. The maximum absolute atomic E-state index is 11.0. The van der Waals surface area contributed by atoms with Crippen LogP contribution in [0.3, 0.4) is 0 Å². The second-order valence-corrected chi connectivity index (χ2v) is 3.92. The molecule has 0 aliphatic rings. The summed E-state index contributed by atoms with van der Waals surface area (Å²) in [5, 5.41) is 12.0. The van der Waals surface area contributed by atoms with E-state index in [9.17, 15) is 9.90 Å². The van der Waals surface area contributed by atoms with Crippen LogP contribution in [0.4, 0.5) is 0 Å². The van der Waals surface area contributed by atoms with Crippen LogP contribution < -0.4 is 5.32 Å². The maximum atomic E-state index is 11.0. The molecule has 2 N–H and O–H groups in total. The number of hydrogen-bond acceptors (Lipinski definition) is 2. The van der Waals surface area contributed by atoms with Crippen LogP contribution in [0.15, 0.2) is 12.2 Å². The van der Waals surface area contributed by atoms with Crippen molar-refractivity contribution in [3.63, 3.8) is 0 Å². The van der Waals surface area contributed by atoms with E-state index in [4.69, 9.17) is 0 Å². The molecule has 15 heavy (non-hydrogen) atoms.